The maximum absolute atomic E-state index is 9.05. The van der Waals surface area contributed by atoms with Crippen LogP contribution in [0.2, 0.25) is 0 Å². The first-order valence-corrected chi connectivity index (χ1v) is 4.80. The predicted molar refractivity (Wildman–Crippen MR) is 56.7 cm³/mol. The first kappa shape index (κ1) is 10.4. The maximum atomic E-state index is 9.05. The van der Waals surface area contributed by atoms with Crippen LogP contribution >= 0.6 is 12.6 Å². The van der Waals surface area contributed by atoms with Gasteiger partial charge < -0.3 is 9.84 Å². The van der Waals surface area contributed by atoms with Crippen molar-refractivity contribution in [1.29, 1.82) is 0 Å². The number of ether oxygens (including phenoxy) is 1. The van der Waals surface area contributed by atoms with Crippen LogP contribution in [-0.4, -0.2) is 24.6 Å². The van der Waals surface area contributed by atoms with E-state index in [1.807, 2.05) is 24.3 Å². The standard InChI is InChI=1S/C10H14O2S/c1-12-10-4-2-3-8(5-10)9(6-11)7-13/h2-5,9,11,13H,6-7H2,1H3. The number of hydrogen-bond acceptors (Lipinski definition) is 3. The molecule has 0 saturated heterocycles. The minimum absolute atomic E-state index is 0.0958. The van der Waals surface area contributed by atoms with E-state index in [2.05, 4.69) is 12.6 Å². The van der Waals surface area contributed by atoms with Gasteiger partial charge in [0.05, 0.1) is 13.7 Å². The summed E-state index contributed by atoms with van der Waals surface area (Å²) in [6, 6.07) is 7.70. The summed E-state index contributed by atoms with van der Waals surface area (Å²) in [5.41, 5.74) is 1.07. The summed E-state index contributed by atoms with van der Waals surface area (Å²) in [7, 11) is 1.63. The van der Waals surface area contributed by atoms with Gasteiger partial charge in [0.25, 0.3) is 0 Å². The molecule has 0 fully saturated rings. The molecule has 0 radical (unpaired) electrons. The maximum Gasteiger partial charge on any atom is 0.119 e. The van der Waals surface area contributed by atoms with Crippen LogP contribution in [0.15, 0.2) is 24.3 Å². The average molecular weight is 198 g/mol. The highest BCUT2D eigenvalue weighted by atomic mass is 32.1. The second kappa shape index (κ2) is 5.14. The molecule has 0 bridgehead atoms. The minimum atomic E-state index is 0.0958. The van der Waals surface area contributed by atoms with E-state index in [4.69, 9.17) is 9.84 Å². The van der Waals surface area contributed by atoms with Crippen LogP contribution in [0, 0.1) is 0 Å². The fourth-order valence-electron chi connectivity index (χ4n) is 1.16. The molecule has 1 N–H and O–H groups in total. The fraction of sp³-hybridized carbons (Fsp3) is 0.400. The summed E-state index contributed by atoms with van der Waals surface area (Å²) >= 11 is 4.17. The molecule has 0 spiro atoms. The van der Waals surface area contributed by atoms with Crippen molar-refractivity contribution in [2.75, 3.05) is 19.5 Å². The summed E-state index contributed by atoms with van der Waals surface area (Å²) < 4.78 is 5.09. The van der Waals surface area contributed by atoms with Gasteiger partial charge in [-0.1, -0.05) is 12.1 Å². The lowest BCUT2D eigenvalue weighted by Crippen LogP contribution is -2.05. The lowest BCUT2D eigenvalue weighted by molar-refractivity contribution is 0.275. The molecule has 72 valence electrons. The first-order chi connectivity index (χ1) is 6.31. The molecular weight excluding hydrogens is 184 g/mol. The zero-order valence-electron chi connectivity index (χ0n) is 7.60. The molecule has 1 aromatic rings. The van der Waals surface area contributed by atoms with Crippen LogP contribution in [0.25, 0.3) is 0 Å². The van der Waals surface area contributed by atoms with Crippen LogP contribution in [0.3, 0.4) is 0 Å². The molecule has 0 saturated carbocycles. The van der Waals surface area contributed by atoms with Crippen molar-refractivity contribution in [3.05, 3.63) is 29.8 Å². The highest BCUT2D eigenvalue weighted by molar-refractivity contribution is 7.80. The van der Waals surface area contributed by atoms with Gasteiger partial charge in [0.2, 0.25) is 0 Å². The third-order valence-electron chi connectivity index (χ3n) is 2.01. The lowest BCUT2D eigenvalue weighted by atomic mass is 10.0. The average Bonchev–Trinajstić information content (AvgIpc) is 2.20. The van der Waals surface area contributed by atoms with Crippen LogP contribution in [0.4, 0.5) is 0 Å². The van der Waals surface area contributed by atoms with Gasteiger partial charge in [-0.25, -0.2) is 0 Å². The van der Waals surface area contributed by atoms with E-state index < -0.39 is 0 Å². The molecule has 3 heteroatoms. The van der Waals surface area contributed by atoms with Crippen molar-refractivity contribution in [3.8, 4) is 5.75 Å². The Morgan fingerprint density at radius 3 is 2.85 bits per heavy atom. The number of hydrogen-bond donors (Lipinski definition) is 2. The van der Waals surface area contributed by atoms with Gasteiger partial charge in [-0.05, 0) is 23.4 Å². The first-order valence-electron chi connectivity index (χ1n) is 4.17. The van der Waals surface area contributed by atoms with Crippen molar-refractivity contribution in [2.24, 2.45) is 0 Å². The Labute approximate surface area is 84.0 Å². The quantitative estimate of drug-likeness (QED) is 0.721. The van der Waals surface area contributed by atoms with Crippen molar-refractivity contribution < 1.29 is 9.84 Å². The van der Waals surface area contributed by atoms with Gasteiger partial charge in [0.1, 0.15) is 5.75 Å². The summed E-state index contributed by atoms with van der Waals surface area (Å²) in [5, 5.41) is 9.05. The summed E-state index contributed by atoms with van der Waals surface area (Å²) in [6.07, 6.45) is 0. The third-order valence-corrected chi connectivity index (χ3v) is 2.45. The van der Waals surface area contributed by atoms with Gasteiger partial charge >= 0.3 is 0 Å². The van der Waals surface area contributed by atoms with Gasteiger partial charge in [-0.3, -0.25) is 0 Å². The number of benzene rings is 1. The van der Waals surface area contributed by atoms with Gasteiger partial charge in [-0.15, -0.1) is 0 Å². The predicted octanol–water partition coefficient (Wildman–Crippen LogP) is 1.70. The van der Waals surface area contributed by atoms with E-state index in [0.717, 1.165) is 11.3 Å². The Morgan fingerprint density at radius 1 is 1.54 bits per heavy atom. The van der Waals surface area contributed by atoms with E-state index in [0.29, 0.717) is 5.75 Å². The van der Waals surface area contributed by atoms with E-state index in [1.54, 1.807) is 7.11 Å². The zero-order chi connectivity index (χ0) is 9.68. The molecule has 0 aliphatic carbocycles. The molecular formula is C10H14O2S. The summed E-state index contributed by atoms with van der Waals surface area (Å²) in [6.45, 7) is 0.122. The smallest absolute Gasteiger partial charge is 0.119 e. The molecule has 1 aromatic carbocycles. The molecule has 13 heavy (non-hydrogen) atoms. The van der Waals surface area contributed by atoms with E-state index >= 15 is 0 Å². The molecule has 2 nitrogen and oxygen atoms in total. The molecule has 1 atom stereocenters. The van der Waals surface area contributed by atoms with Crippen molar-refractivity contribution >= 4 is 12.6 Å². The molecule has 1 rings (SSSR count). The normalized spacial score (nSPS) is 12.5. The molecule has 0 aromatic heterocycles. The van der Waals surface area contributed by atoms with Gasteiger partial charge in [-0.2, -0.15) is 12.6 Å². The Hall–Kier alpha value is -0.670. The zero-order valence-corrected chi connectivity index (χ0v) is 8.50. The van der Waals surface area contributed by atoms with Crippen molar-refractivity contribution in [1.82, 2.24) is 0 Å². The number of aliphatic hydroxyl groups excluding tert-OH is 1. The second-order valence-electron chi connectivity index (χ2n) is 2.84. The molecule has 1 unspecified atom stereocenters. The SMILES string of the molecule is COc1cccc(C(CO)CS)c1. The van der Waals surface area contributed by atoms with Crippen LogP contribution in [0.5, 0.6) is 5.75 Å². The van der Waals surface area contributed by atoms with E-state index in [1.165, 1.54) is 0 Å². The van der Waals surface area contributed by atoms with Gasteiger partial charge in [0.15, 0.2) is 0 Å². The monoisotopic (exact) mass is 198 g/mol. The minimum Gasteiger partial charge on any atom is -0.497 e. The fourth-order valence-corrected chi connectivity index (χ4v) is 1.49. The number of aliphatic hydroxyl groups is 1. The van der Waals surface area contributed by atoms with Gasteiger partial charge in [0, 0.05) is 5.92 Å². The molecule has 0 heterocycles. The van der Waals surface area contributed by atoms with Crippen LogP contribution in [0.1, 0.15) is 11.5 Å². The summed E-state index contributed by atoms with van der Waals surface area (Å²) in [5.74, 6) is 1.56. The van der Waals surface area contributed by atoms with Crippen molar-refractivity contribution in [3.63, 3.8) is 0 Å². The van der Waals surface area contributed by atoms with Crippen molar-refractivity contribution in [2.45, 2.75) is 5.92 Å². The number of rotatable bonds is 4. The highest BCUT2D eigenvalue weighted by Gasteiger charge is 2.08. The Kier molecular flexibility index (Phi) is 4.12. The van der Waals surface area contributed by atoms with Crippen LogP contribution in [-0.2, 0) is 0 Å². The Morgan fingerprint density at radius 2 is 2.31 bits per heavy atom. The largest absolute Gasteiger partial charge is 0.497 e. The third kappa shape index (κ3) is 2.64. The van der Waals surface area contributed by atoms with E-state index in [-0.39, 0.29) is 12.5 Å². The topological polar surface area (TPSA) is 29.5 Å². The molecule has 0 aliphatic heterocycles. The van der Waals surface area contributed by atoms with E-state index in [9.17, 15) is 0 Å². The lowest BCUT2D eigenvalue weighted by Gasteiger charge is -2.12. The molecule has 0 aliphatic rings. The molecule has 0 amide bonds. The number of methoxy groups -OCH3 is 1. The Balaban J connectivity index is 2.86. The highest BCUT2D eigenvalue weighted by Crippen LogP contribution is 2.21. The Bertz CT molecular complexity index is 259. The van der Waals surface area contributed by atoms with Crippen LogP contribution < -0.4 is 4.74 Å². The second-order valence-corrected chi connectivity index (χ2v) is 3.20. The number of thiol groups is 1. The summed E-state index contributed by atoms with van der Waals surface area (Å²) in [4.78, 5) is 0.